The summed E-state index contributed by atoms with van der Waals surface area (Å²) in [5, 5.41) is 8.86. The molecule has 4 heteroatoms. The first-order valence-corrected chi connectivity index (χ1v) is 6.11. The second-order valence-electron chi connectivity index (χ2n) is 4.42. The van der Waals surface area contributed by atoms with Gasteiger partial charge in [0.15, 0.2) is 5.78 Å². The van der Waals surface area contributed by atoms with Gasteiger partial charge in [-0.15, -0.1) is 0 Å². The molecule has 0 bridgehead atoms. The van der Waals surface area contributed by atoms with Crippen molar-refractivity contribution >= 4 is 11.5 Å². The number of carbonyl (C=O) groups excluding carboxylic acids is 1. The van der Waals surface area contributed by atoms with Crippen LogP contribution in [0.1, 0.15) is 15.9 Å². The van der Waals surface area contributed by atoms with Crippen LogP contribution >= 0.6 is 0 Å². The topological polar surface area (TPSA) is 44.1 Å². The smallest absolute Gasteiger partial charge is 0.185 e. The van der Waals surface area contributed by atoms with Gasteiger partial charge >= 0.3 is 0 Å². The van der Waals surface area contributed by atoms with E-state index >= 15 is 0 Å². The lowest BCUT2D eigenvalue weighted by Crippen LogP contribution is -2.26. The number of ketones is 1. The maximum atomic E-state index is 13.5. The third kappa shape index (κ3) is 3.01. The van der Waals surface area contributed by atoms with Crippen LogP contribution in [0.5, 0.6) is 0 Å². The summed E-state index contributed by atoms with van der Waals surface area (Å²) in [6, 6.07) is 14.9. The normalized spacial score (nSPS) is 9.85. The highest BCUT2D eigenvalue weighted by Gasteiger charge is 2.13. The Balaban J connectivity index is 2.15. The fraction of sp³-hybridized carbons (Fsp3) is 0.125. The molecule has 2 aromatic carbocycles. The number of hydrogen-bond acceptors (Lipinski definition) is 3. The Hall–Kier alpha value is -2.67. The number of anilines is 1. The SMILES string of the molecule is CN(CC(=O)c1ccccc1F)c1cccc(C#N)c1. The standard InChI is InChI=1S/C16H13FN2O/c1-19(13-6-4-5-12(9-13)10-18)11-16(20)14-7-2-3-8-15(14)17/h2-9H,11H2,1H3. The fourth-order valence-corrected chi connectivity index (χ4v) is 1.89. The monoisotopic (exact) mass is 268 g/mol. The zero-order valence-corrected chi connectivity index (χ0v) is 11.0. The third-order valence-corrected chi connectivity index (χ3v) is 2.97. The molecule has 0 unspecified atom stereocenters. The first-order valence-electron chi connectivity index (χ1n) is 6.11. The van der Waals surface area contributed by atoms with Gasteiger partial charge < -0.3 is 4.90 Å². The van der Waals surface area contributed by atoms with Gasteiger partial charge in [0.1, 0.15) is 5.82 Å². The number of benzene rings is 2. The fourth-order valence-electron chi connectivity index (χ4n) is 1.89. The molecule has 0 saturated heterocycles. The highest BCUT2D eigenvalue weighted by Crippen LogP contribution is 2.15. The summed E-state index contributed by atoms with van der Waals surface area (Å²) >= 11 is 0. The van der Waals surface area contributed by atoms with Crippen molar-refractivity contribution in [3.8, 4) is 6.07 Å². The summed E-state index contributed by atoms with van der Waals surface area (Å²) in [6.45, 7) is 0.0514. The number of rotatable bonds is 4. The molecule has 0 aliphatic rings. The van der Waals surface area contributed by atoms with Crippen molar-refractivity contribution in [1.29, 1.82) is 5.26 Å². The average molecular weight is 268 g/mol. The molecule has 0 radical (unpaired) electrons. The van der Waals surface area contributed by atoms with Gasteiger partial charge in [-0.25, -0.2) is 4.39 Å². The van der Waals surface area contributed by atoms with Crippen molar-refractivity contribution in [3.05, 3.63) is 65.5 Å². The molecule has 0 aromatic heterocycles. The molecular formula is C16H13FN2O. The minimum Gasteiger partial charge on any atom is -0.367 e. The molecule has 2 rings (SSSR count). The molecule has 0 aliphatic heterocycles. The van der Waals surface area contributed by atoms with E-state index in [0.717, 1.165) is 5.69 Å². The Morgan fingerprint density at radius 2 is 2.00 bits per heavy atom. The minimum absolute atomic E-state index is 0.0514. The van der Waals surface area contributed by atoms with E-state index in [-0.39, 0.29) is 17.9 Å². The van der Waals surface area contributed by atoms with Crippen LogP contribution in [-0.2, 0) is 0 Å². The number of hydrogen-bond donors (Lipinski definition) is 0. The molecule has 0 atom stereocenters. The Morgan fingerprint density at radius 1 is 1.25 bits per heavy atom. The molecular weight excluding hydrogens is 255 g/mol. The highest BCUT2D eigenvalue weighted by molar-refractivity contribution is 5.99. The van der Waals surface area contributed by atoms with Crippen LogP contribution in [0.15, 0.2) is 48.5 Å². The van der Waals surface area contributed by atoms with Gasteiger partial charge in [-0.2, -0.15) is 5.26 Å². The molecule has 0 aliphatic carbocycles. The Morgan fingerprint density at radius 3 is 2.70 bits per heavy atom. The second kappa shape index (κ2) is 5.98. The molecule has 100 valence electrons. The number of nitriles is 1. The summed E-state index contributed by atoms with van der Waals surface area (Å²) < 4.78 is 13.5. The first-order chi connectivity index (χ1) is 9.61. The van der Waals surface area contributed by atoms with Crippen molar-refractivity contribution in [2.75, 3.05) is 18.5 Å². The predicted molar refractivity (Wildman–Crippen MR) is 75.2 cm³/mol. The van der Waals surface area contributed by atoms with Gasteiger partial charge in [-0.05, 0) is 30.3 Å². The molecule has 20 heavy (non-hydrogen) atoms. The zero-order valence-electron chi connectivity index (χ0n) is 11.0. The van der Waals surface area contributed by atoms with E-state index in [9.17, 15) is 9.18 Å². The molecule has 3 nitrogen and oxygen atoms in total. The third-order valence-electron chi connectivity index (χ3n) is 2.97. The first kappa shape index (κ1) is 13.8. The second-order valence-corrected chi connectivity index (χ2v) is 4.42. The van der Waals surface area contributed by atoms with Crippen LogP contribution in [0.25, 0.3) is 0 Å². The largest absolute Gasteiger partial charge is 0.367 e. The molecule has 0 heterocycles. The Labute approximate surface area is 116 Å². The van der Waals surface area contributed by atoms with E-state index in [0.29, 0.717) is 5.56 Å². The molecule has 0 N–H and O–H groups in total. The molecule has 0 saturated carbocycles. The van der Waals surface area contributed by atoms with Crippen LogP contribution in [0.2, 0.25) is 0 Å². The van der Waals surface area contributed by atoms with Crippen molar-refractivity contribution in [2.45, 2.75) is 0 Å². The van der Waals surface area contributed by atoms with Crippen molar-refractivity contribution in [1.82, 2.24) is 0 Å². The Kier molecular flexibility index (Phi) is 4.11. The van der Waals surface area contributed by atoms with Crippen LogP contribution in [0.4, 0.5) is 10.1 Å². The molecule has 0 fully saturated rings. The van der Waals surface area contributed by atoms with E-state index in [1.807, 2.05) is 6.07 Å². The van der Waals surface area contributed by atoms with Crippen molar-refractivity contribution in [2.24, 2.45) is 0 Å². The number of Topliss-reactive ketones (excluding diaryl/α,β-unsaturated/α-hetero) is 1. The van der Waals surface area contributed by atoms with E-state index < -0.39 is 5.82 Å². The highest BCUT2D eigenvalue weighted by atomic mass is 19.1. The van der Waals surface area contributed by atoms with E-state index in [2.05, 4.69) is 0 Å². The number of carbonyl (C=O) groups is 1. The average Bonchev–Trinajstić information content (AvgIpc) is 2.47. The van der Waals surface area contributed by atoms with Crippen LogP contribution in [0.3, 0.4) is 0 Å². The van der Waals surface area contributed by atoms with E-state index in [4.69, 9.17) is 5.26 Å². The van der Waals surface area contributed by atoms with Gasteiger partial charge in [0.05, 0.1) is 23.7 Å². The van der Waals surface area contributed by atoms with Crippen LogP contribution in [0, 0.1) is 17.1 Å². The van der Waals surface area contributed by atoms with Gasteiger partial charge in [0, 0.05) is 12.7 Å². The van der Waals surface area contributed by atoms with Crippen LogP contribution in [-0.4, -0.2) is 19.4 Å². The van der Waals surface area contributed by atoms with Crippen molar-refractivity contribution < 1.29 is 9.18 Å². The van der Waals surface area contributed by atoms with E-state index in [1.165, 1.54) is 12.1 Å². The van der Waals surface area contributed by atoms with Crippen LogP contribution < -0.4 is 4.90 Å². The zero-order chi connectivity index (χ0) is 14.5. The molecule has 0 amide bonds. The lowest BCUT2D eigenvalue weighted by molar-refractivity contribution is 0.0996. The summed E-state index contributed by atoms with van der Waals surface area (Å²) in [5.74, 6) is -0.815. The van der Waals surface area contributed by atoms with Gasteiger partial charge in [0.25, 0.3) is 0 Å². The maximum absolute atomic E-state index is 13.5. The summed E-state index contributed by atoms with van der Waals surface area (Å²) in [6.07, 6.45) is 0. The summed E-state index contributed by atoms with van der Waals surface area (Å²) in [5.41, 5.74) is 1.34. The van der Waals surface area contributed by atoms with E-state index in [1.54, 1.807) is 48.3 Å². The minimum atomic E-state index is -0.517. The summed E-state index contributed by atoms with van der Waals surface area (Å²) in [4.78, 5) is 13.7. The van der Waals surface area contributed by atoms with Gasteiger partial charge in [0.2, 0.25) is 0 Å². The lowest BCUT2D eigenvalue weighted by atomic mass is 10.1. The number of halogens is 1. The molecule has 2 aromatic rings. The number of likely N-dealkylation sites (N-methyl/N-ethyl adjacent to an activating group) is 1. The van der Waals surface area contributed by atoms with Gasteiger partial charge in [-0.1, -0.05) is 18.2 Å². The maximum Gasteiger partial charge on any atom is 0.185 e. The van der Waals surface area contributed by atoms with Gasteiger partial charge in [-0.3, -0.25) is 4.79 Å². The summed E-state index contributed by atoms with van der Waals surface area (Å²) in [7, 11) is 1.73. The lowest BCUT2D eigenvalue weighted by Gasteiger charge is -2.18. The number of nitrogens with zero attached hydrogens (tertiary/aromatic N) is 2. The molecule has 0 spiro atoms. The quantitative estimate of drug-likeness (QED) is 0.801. The Bertz CT molecular complexity index is 676. The van der Waals surface area contributed by atoms with Crippen molar-refractivity contribution in [3.63, 3.8) is 0 Å². The predicted octanol–water partition coefficient (Wildman–Crippen LogP) is 3.02.